The summed E-state index contributed by atoms with van der Waals surface area (Å²) in [5.41, 5.74) is 1.30. The van der Waals surface area contributed by atoms with Crippen LogP contribution in [0.2, 0.25) is 0 Å². The summed E-state index contributed by atoms with van der Waals surface area (Å²) in [5.74, 6) is -0.0458. The number of nitrogens with zero attached hydrogens (tertiary/aromatic N) is 2. The lowest BCUT2D eigenvalue weighted by atomic mass is 10.2. The predicted octanol–water partition coefficient (Wildman–Crippen LogP) is 3.75. The van der Waals surface area contributed by atoms with Gasteiger partial charge in [0.15, 0.2) is 5.16 Å². The Morgan fingerprint density at radius 2 is 2.15 bits per heavy atom. The standard InChI is InChI=1S/C19H27N3O2S2/c1-4-5-6-7-11-22-18(24)15-13-9-8-10-14(13)26-17(15)21-19(22)25-12(2)16(23)20-3/h12H,4-11H2,1-3H3,(H,20,23). The lowest BCUT2D eigenvalue weighted by molar-refractivity contribution is -0.119. The zero-order valence-electron chi connectivity index (χ0n) is 15.8. The Bertz CT molecular complexity index is 857. The topological polar surface area (TPSA) is 64.0 Å². The first kappa shape index (κ1) is 19.4. The maximum absolute atomic E-state index is 13.3. The van der Waals surface area contributed by atoms with Gasteiger partial charge in [-0.1, -0.05) is 37.9 Å². The molecule has 0 radical (unpaired) electrons. The predicted molar refractivity (Wildman–Crippen MR) is 109 cm³/mol. The number of fused-ring (bicyclic) bond motifs is 3. The average Bonchev–Trinajstić information content (AvgIpc) is 3.20. The van der Waals surface area contributed by atoms with Gasteiger partial charge in [-0.15, -0.1) is 11.3 Å². The van der Waals surface area contributed by atoms with Crippen LogP contribution in [0.1, 0.15) is 56.4 Å². The minimum Gasteiger partial charge on any atom is -0.358 e. The van der Waals surface area contributed by atoms with Crippen molar-refractivity contribution in [2.75, 3.05) is 7.05 Å². The molecule has 5 nitrogen and oxygen atoms in total. The van der Waals surface area contributed by atoms with Crippen molar-refractivity contribution < 1.29 is 4.79 Å². The van der Waals surface area contributed by atoms with E-state index in [0.717, 1.165) is 42.3 Å². The first-order valence-electron chi connectivity index (χ1n) is 9.50. The fourth-order valence-electron chi connectivity index (χ4n) is 3.46. The van der Waals surface area contributed by atoms with Crippen LogP contribution in [0.15, 0.2) is 9.95 Å². The molecule has 1 N–H and O–H groups in total. The van der Waals surface area contributed by atoms with E-state index in [1.54, 1.807) is 18.4 Å². The number of unbranched alkanes of at least 4 members (excludes halogenated alkanes) is 3. The number of thiophene rings is 1. The highest BCUT2D eigenvalue weighted by Gasteiger charge is 2.24. The summed E-state index contributed by atoms with van der Waals surface area (Å²) >= 11 is 3.04. The van der Waals surface area contributed by atoms with E-state index in [-0.39, 0.29) is 16.7 Å². The van der Waals surface area contributed by atoms with E-state index in [9.17, 15) is 9.59 Å². The van der Waals surface area contributed by atoms with Crippen LogP contribution in [0.25, 0.3) is 10.2 Å². The largest absolute Gasteiger partial charge is 0.358 e. The molecule has 1 amide bonds. The molecule has 0 bridgehead atoms. The fourth-order valence-corrected chi connectivity index (χ4v) is 5.75. The van der Waals surface area contributed by atoms with Gasteiger partial charge in [-0.3, -0.25) is 14.2 Å². The van der Waals surface area contributed by atoms with E-state index < -0.39 is 0 Å². The Labute approximate surface area is 162 Å². The minimum atomic E-state index is -0.280. The third kappa shape index (κ3) is 3.83. The summed E-state index contributed by atoms with van der Waals surface area (Å²) in [6, 6.07) is 0. The third-order valence-corrected chi connectivity index (χ3v) is 7.20. The molecule has 0 spiro atoms. The number of thioether (sulfide) groups is 1. The summed E-state index contributed by atoms with van der Waals surface area (Å²) in [6.45, 7) is 4.71. The number of aryl methyl sites for hydroxylation is 2. The van der Waals surface area contributed by atoms with Crippen molar-refractivity contribution in [2.45, 2.75) is 75.7 Å². The number of amides is 1. The van der Waals surface area contributed by atoms with Gasteiger partial charge < -0.3 is 5.32 Å². The van der Waals surface area contributed by atoms with Gasteiger partial charge in [0.05, 0.1) is 10.6 Å². The van der Waals surface area contributed by atoms with E-state index in [1.165, 1.54) is 35.0 Å². The molecule has 7 heteroatoms. The molecule has 0 fully saturated rings. The van der Waals surface area contributed by atoms with E-state index >= 15 is 0 Å². The number of hydrogen-bond donors (Lipinski definition) is 1. The molecular weight excluding hydrogens is 366 g/mol. The number of nitrogens with one attached hydrogen (secondary N) is 1. The molecule has 142 valence electrons. The van der Waals surface area contributed by atoms with Crippen LogP contribution in [0, 0.1) is 0 Å². The second kappa shape index (κ2) is 8.57. The summed E-state index contributed by atoms with van der Waals surface area (Å²) in [6.07, 6.45) is 7.60. The second-order valence-corrected chi connectivity index (χ2v) is 9.22. The van der Waals surface area contributed by atoms with Crippen molar-refractivity contribution in [1.82, 2.24) is 14.9 Å². The maximum atomic E-state index is 13.3. The minimum absolute atomic E-state index is 0.0458. The van der Waals surface area contributed by atoms with Crippen LogP contribution in [-0.4, -0.2) is 27.8 Å². The highest BCUT2D eigenvalue weighted by molar-refractivity contribution is 8.00. The van der Waals surface area contributed by atoms with Gasteiger partial charge in [0.1, 0.15) is 4.83 Å². The van der Waals surface area contributed by atoms with Gasteiger partial charge in [-0.05, 0) is 38.2 Å². The van der Waals surface area contributed by atoms with Crippen molar-refractivity contribution in [2.24, 2.45) is 0 Å². The zero-order valence-corrected chi connectivity index (χ0v) is 17.4. The highest BCUT2D eigenvalue weighted by Crippen LogP contribution is 2.36. The molecule has 2 aromatic heterocycles. The smallest absolute Gasteiger partial charge is 0.263 e. The van der Waals surface area contributed by atoms with Gasteiger partial charge in [0.25, 0.3) is 5.56 Å². The molecule has 0 aromatic carbocycles. The number of carbonyl (C=O) groups excluding carboxylic acids is 1. The van der Waals surface area contributed by atoms with E-state index in [2.05, 4.69) is 12.2 Å². The number of carbonyl (C=O) groups is 1. The van der Waals surface area contributed by atoms with Gasteiger partial charge in [-0.25, -0.2) is 4.98 Å². The van der Waals surface area contributed by atoms with E-state index in [0.29, 0.717) is 11.7 Å². The average molecular weight is 394 g/mol. The van der Waals surface area contributed by atoms with Crippen LogP contribution < -0.4 is 10.9 Å². The molecule has 1 atom stereocenters. The lowest BCUT2D eigenvalue weighted by Crippen LogP contribution is -2.29. The second-order valence-electron chi connectivity index (χ2n) is 6.82. The molecule has 26 heavy (non-hydrogen) atoms. The van der Waals surface area contributed by atoms with Crippen molar-refractivity contribution in [3.8, 4) is 0 Å². The molecule has 1 unspecified atom stereocenters. The summed E-state index contributed by atoms with van der Waals surface area (Å²) in [7, 11) is 1.64. The summed E-state index contributed by atoms with van der Waals surface area (Å²) < 4.78 is 1.81. The Kier molecular flexibility index (Phi) is 6.40. The van der Waals surface area contributed by atoms with Crippen LogP contribution in [-0.2, 0) is 24.2 Å². The fraction of sp³-hybridized carbons (Fsp3) is 0.632. The number of aromatic nitrogens is 2. The molecule has 0 saturated heterocycles. The molecule has 2 aromatic rings. The third-order valence-electron chi connectivity index (χ3n) is 4.92. The van der Waals surface area contributed by atoms with Crippen LogP contribution in [0.4, 0.5) is 0 Å². The van der Waals surface area contributed by atoms with Crippen molar-refractivity contribution in [3.63, 3.8) is 0 Å². The molecular formula is C19H27N3O2S2. The Morgan fingerprint density at radius 3 is 2.88 bits per heavy atom. The monoisotopic (exact) mass is 393 g/mol. The van der Waals surface area contributed by atoms with Crippen LogP contribution >= 0.6 is 23.1 Å². The molecule has 1 aliphatic rings. The number of hydrogen-bond acceptors (Lipinski definition) is 5. The van der Waals surface area contributed by atoms with Gasteiger partial charge in [-0.2, -0.15) is 0 Å². The summed E-state index contributed by atoms with van der Waals surface area (Å²) in [5, 5.41) is 3.90. The summed E-state index contributed by atoms with van der Waals surface area (Å²) in [4.78, 5) is 32.2. The first-order chi connectivity index (χ1) is 12.6. The normalized spacial score (nSPS) is 14.6. The van der Waals surface area contributed by atoms with Crippen LogP contribution in [0.3, 0.4) is 0 Å². The van der Waals surface area contributed by atoms with Crippen LogP contribution in [0.5, 0.6) is 0 Å². The Hall–Kier alpha value is -1.34. The van der Waals surface area contributed by atoms with E-state index in [4.69, 9.17) is 4.98 Å². The maximum Gasteiger partial charge on any atom is 0.263 e. The van der Waals surface area contributed by atoms with Gasteiger partial charge >= 0.3 is 0 Å². The SMILES string of the molecule is CCCCCCn1c(SC(C)C(=O)NC)nc2sc3c(c2c1=O)CCC3. The zero-order chi connectivity index (χ0) is 18.7. The quantitative estimate of drug-likeness (QED) is 0.421. The van der Waals surface area contributed by atoms with Crippen molar-refractivity contribution >= 4 is 39.2 Å². The first-order valence-corrected chi connectivity index (χ1v) is 11.2. The molecule has 1 aliphatic carbocycles. The van der Waals surface area contributed by atoms with Gasteiger partial charge in [0.2, 0.25) is 5.91 Å². The van der Waals surface area contributed by atoms with Crippen molar-refractivity contribution in [1.29, 1.82) is 0 Å². The molecule has 2 heterocycles. The molecule has 0 aliphatic heterocycles. The lowest BCUT2D eigenvalue weighted by Gasteiger charge is -2.15. The number of rotatable bonds is 8. The molecule has 0 saturated carbocycles. The van der Waals surface area contributed by atoms with Gasteiger partial charge in [0, 0.05) is 18.5 Å². The molecule has 3 rings (SSSR count). The highest BCUT2D eigenvalue weighted by atomic mass is 32.2. The Morgan fingerprint density at radius 1 is 1.35 bits per heavy atom. The van der Waals surface area contributed by atoms with Crippen molar-refractivity contribution in [3.05, 3.63) is 20.8 Å². The Balaban J connectivity index is 2.00. The van der Waals surface area contributed by atoms with E-state index in [1.807, 2.05) is 11.5 Å².